The number of hydrogen-bond acceptors (Lipinski definition) is 3. The smallest absolute Gasteiger partial charge is 0.140 e. The predicted molar refractivity (Wildman–Crippen MR) is 117 cm³/mol. The number of Topliss-reactive ketones (excluding diaryl/α,β-unsaturated/α-hetero) is 1. The van der Waals surface area contributed by atoms with Gasteiger partial charge in [0.05, 0.1) is 13.2 Å². The number of hydrogen-bond donors (Lipinski definition) is 0. The van der Waals surface area contributed by atoms with E-state index in [1.54, 1.807) is 6.92 Å². The van der Waals surface area contributed by atoms with Crippen LogP contribution in [0.5, 0.6) is 5.75 Å². The molecule has 0 aliphatic heterocycles. The number of para-hydroxylation sites is 1. The molecule has 0 saturated carbocycles. The molecule has 0 radical (unpaired) electrons. The van der Waals surface area contributed by atoms with Crippen molar-refractivity contribution in [2.75, 3.05) is 6.61 Å². The van der Waals surface area contributed by atoms with Gasteiger partial charge < -0.3 is 14.1 Å². The first-order valence-corrected chi connectivity index (χ1v) is 10.3. The van der Waals surface area contributed by atoms with E-state index in [9.17, 15) is 4.79 Å². The van der Waals surface area contributed by atoms with Crippen LogP contribution in [0.15, 0.2) is 54.7 Å². The van der Waals surface area contributed by atoms with Gasteiger partial charge in [0.2, 0.25) is 0 Å². The van der Waals surface area contributed by atoms with Gasteiger partial charge in [0.1, 0.15) is 17.4 Å². The summed E-state index contributed by atoms with van der Waals surface area (Å²) in [6.07, 6.45) is 5.50. The van der Waals surface area contributed by atoms with Crippen molar-refractivity contribution < 1.29 is 9.53 Å². The molecule has 0 unspecified atom stereocenters. The molecule has 2 aromatic carbocycles. The van der Waals surface area contributed by atoms with Crippen molar-refractivity contribution >= 4 is 5.78 Å². The Morgan fingerprint density at radius 3 is 2.52 bits per heavy atom. The fourth-order valence-corrected chi connectivity index (χ4v) is 3.37. The molecule has 4 heteroatoms. The number of ether oxygens (including phenoxy) is 1. The average molecular weight is 391 g/mol. The van der Waals surface area contributed by atoms with Crippen LogP contribution in [0.3, 0.4) is 0 Å². The molecule has 4 nitrogen and oxygen atoms in total. The van der Waals surface area contributed by atoms with E-state index in [4.69, 9.17) is 4.74 Å². The zero-order valence-corrected chi connectivity index (χ0v) is 17.6. The summed E-state index contributed by atoms with van der Waals surface area (Å²) in [5.74, 6) is 2.15. The van der Waals surface area contributed by atoms with Gasteiger partial charge in [-0.25, -0.2) is 4.98 Å². The average Bonchev–Trinajstić information content (AvgIpc) is 3.06. The fourth-order valence-electron chi connectivity index (χ4n) is 3.37. The topological polar surface area (TPSA) is 44.1 Å². The standard InChI is InChI=1S/C25H30N2O2/c1-19-12-14-22(15-13-19)25-26-17-20(2)27(25)18-23-10-6-7-11-24(23)29-16-8-4-5-9-21(3)28/h6-7,10-15,17H,4-5,8-9,16,18H2,1-3H3. The normalized spacial score (nSPS) is 10.9. The number of ketones is 1. The van der Waals surface area contributed by atoms with Crippen LogP contribution in [0.25, 0.3) is 11.4 Å². The summed E-state index contributed by atoms with van der Waals surface area (Å²) < 4.78 is 8.31. The minimum absolute atomic E-state index is 0.261. The molecule has 3 aromatic rings. The monoisotopic (exact) mass is 390 g/mol. The quantitative estimate of drug-likeness (QED) is 0.414. The van der Waals surface area contributed by atoms with Gasteiger partial charge in [-0.3, -0.25) is 0 Å². The molecule has 3 rings (SSSR count). The van der Waals surface area contributed by atoms with Crippen molar-refractivity contribution in [2.45, 2.75) is 53.0 Å². The molecule has 0 amide bonds. The largest absolute Gasteiger partial charge is 0.493 e. The first-order valence-electron chi connectivity index (χ1n) is 10.3. The zero-order chi connectivity index (χ0) is 20.6. The highest BCUT2D eigenvalue weighted by molar-refractivity contribution is 5.75. The summed E-state index contributed by atoms with van der Waals surface area (Å²) in [5.41, 5.74) is 4.63. The first kappa shape index (κ1) is 20.8. The summed E-state index contributed by atoms with van der Waals surface area (Å²) in [7, 11) is 0. The van der Waals surface area contributed by atoms with Gasteiger partial charge in [-0.2, -0.15) is 0 Å². The lowest BCUT2D eigenvalue weighted by molar-refractivity contribution is -0.117. The molecule has 1 heterocycles. The third kappa shape index (κ3) is 5.80. The molecule has 152 valence electrons. The Balaban J connectivity index is 1.69. The Bertz CT molecular complexity index is 942. The van der Waals surface area contributed by atoms with Gasteiger partial charge in [-0.15, -0.1) is 0 Å². The molecular weight excluding hydrogens is 360 g/mol. The number of unbranched alkanes of at least 4 members (excludes halogenated alkanes) is 2. The maximum Gasteiger partial charge on any atom is 0.140 e. The summed E-state index contributed by atoms with van der Waals surface area (Å²) in [5, 5.41) is 0. The third-order valence-corrected chi connectivity index (χ3v) is 5.10. The molecule has 1 aromatic heterocycles. The summed E-state index contributed by atoms with van der Waals surface area (Å²) in [6.45, 7) is 7.21. The Hall–Kier alpha value is -2.88. The summed E-state index contributed by atoms with van der Waals surface area (Å²) >= 11 is 0. The van der Waals surface area contributed by atoms with Crippen molar-refractivity contribution in [1.82, 2.24) is 9.55 Å². The van der Waals surface area contributed by atoms with Crippen LogP contribution in [0, 0.1) is 13.8 Å². The number of aryl methyl sites for hydroxylation is 2. The van der Waals surface area contributed by atoms with Gasteiger partial charge in [-0.05, 0) is 46.1 Å². The molecule has 0 saturated heterocycles. The second kappa shape index (κ2) is 10.1. The first-order chi connectivity index (χ1) is 14.0. The highest BCUT2D eigenvalue weighted by Gasteiger charge is 2.12. The molecular formula is C25H30N2O2. The molecule has 29 heavy (non-hydrogen) atoms. The van der Waals surface area contributed by atoms with Crippen LogP contribution in [0.1, 0.15) is 49.4 Å². The lowest BCUT2D eigenvalue weighted by Gasteiger charge is -2.15. The number of rotatable bonds is 10. The zero-order valence-electron chi connectivity index (χ0n) is 17.6. The van der Waals surface area contributed by atoms with Crippen molar-refractivity contribution in [1.29, 1.82) is 0 Å². The maximum atomic E-state index is 11.0. The minimum Gasteiger partial charge on any atom is -0.493 e. The summed E-state index contributed by atoms with van der Waals surface area (Å²) in [6, 6.07) is 16.7. The maximum absolute atomic E-state index is 11.0. The van der Waals surface area contributed by atoms with Gasteiger partial charge in [0, 0.05) is 29.4 Å². The second-order valence-electron chi connectivity index (χ2n) is 7.64. The van der Waals surface area contributed by atoms with Crippen molar-refractivity contribution in [3.63, 3.8) is 0 Å². The number of imidazole rings is 1. The van der Waals surface area contributed by atoms with Crippen LogP contribution < -0.4 is 4.74 Å². The Labute approximate surface area is 173 Å². The van der Waals surface area contributed by atoms with E-state index in [0.29, 0.717) is 13.0 Å². The van der Waals surface area contributed by atoms with Crippen LogP contribution in [-0.4, -0.2) is 21.9 Å². The number of carbonyl (C=O) groups is 1. The Kier molecular flexibility index (Phi) is 7.23. The lowest BCUT2D eigenvalue weighted by Crippen LogP contribution is -2.07. The third-order valence-electron chi connectivity index (χ3n) is 5.10. The number of benzene rings is 2. The highest BCUT2D eigenvalue weighted by Crippen LogP contribution is 2.25. The molecule has 0 bridgehead atoms. The predicted octanol–water partition coefficient (Wildman–Crippen LogP) is 5.74. The van der Waals surface area contributed by atoms with E-state index >= 15 is 0 Å². The lowest BCUT2D eigenvalue weighted by atomic mass is 10.1. The van der Waals surface area contributed by atoms with Crippen molar-refractivity contribution in [3.05, 3.63) is 71.5 Å². The van der Waals surface area contributed by atoms with Crippen LogP contribution in [-0.2, 0) is 11.3 Å². The molecule has 0 spiro atoms. The second-order valence-corrected chi connectivity index (χ2v) is 7.64. The van der Waals surface area contributed by atoms with E-state index < -0.39 is 0 Å². The SMILES string of the molecule is CC(=O)CCCCCOc1ccccc1Cn1c(C)cnc1-c1ccc(C)cc1. The van der Waals surface area contributed by atoms with Crippen LogP contribution >= 0.6 is 0 Å². The molecule has 0 N–H and O–H groups in total. The fraction of sp³-hybridized carbons (Fsp3) is 0.360. The number of aromatic nitrogens is 2. The number of nitrogens with zero attached hydrogens (tertiary/aromatic N) is 2. The van der Waals surface area contributed by atoms with Gasteiger partial charge in [-0.1, -0.05) is 48.0 Å². The van der Waals surface area contributed by atoms with Gasteiger partial charge >= 0.3 is 0 Å². The van der Waals surface area contributed by atoms with E-state index in [0.717, 1.165) is 54.2 Å². The highest BCUT2D eigenvalue weighted by atomic mass is 16.5. The van der Waals surface area contributed by atoms with E-state index in [1.807, 2.05) is 24.4 Å². The molecule has 0 aliphatic rings. The van der Waals surface area contributed by atoms with Crippen molar-refractivity contribution in [2.24, 2.45) is 0 Å². The Morgan fingerprint density at radius 1 is 1.00 bits per heavy atom. The van der Waals surface area contributed by atoms with Crippen LogP contribution in [0.2, 0.25) is 0 Å². The van der Waals surface area contributed by atoms with Crippen molar-refractivity contribution in [3.8, 4) is 17.1 Å². The molecule has 0 fully saturated rings. The molecule has 0 atom stereocenters. The Morgan fingerprint density at radius 2 is 1.76 bits per heavy atom. The minimum atomic E-state index is 0.261. The van der Waals surface area contributed by atoms with Gasteiger partial charge in [0.15, 0.2) is 0 Å². The van der Waals surface area contributed by atoms with E-state index in [1.165, 1.54) is 5.56 Å². The van der Waals surface area contributed by atoms with Crippen LogP contribution in [0.4, 0.5) is 0 Å². The van der Waals surface area contributed by atoms with E-state index in [-0.39, 0.29) is 5.78 Å². The summed E-state index contributed by atoms with van der Waals surface area (Å²) in [4.78, 5) is 15.7. The molecule has 0 aliphatic carbocycles. The van der Waals surface area contributed by atoms with Gasteiger partial charge in [0.25, 0.3) is 0 Å². The number of carbonyl (C=O) groups excluding carboxylic acids is 1. The van der Waals surface area contributed by atoms with E-state index in [2.05, 4.69) is 53.7 Å².